The van der Waals surface area contributed by atoms with Gasteiger partial charge in [0, 0.05) is 18.4 Å². The van der Waals surface area contributed by atoms with Crippen molar-refractivity contribution in [2.45, 2.75) is 65.9 Å². The highest BCUT2D eigenvalue weighted by molar-refractivity contribution is 5.90. The first kappa shape index (κ1) is 17.4. The van der Waals surface area contributed by atoms with Crippen molar-refractivity contribution in [1.29, 1.82) is 0 Å². The van der Waals surface area contributed by atoms with Gasteiger partial charge in [-0.15, -0.1) is 0 Å². The SMILES string of the molecule is CC(=O)CCC=C(C)CC1C=C(CCC=C(C)C)C(=O)O1. The molecule has 21 heavy (non-hydrogen) atoms. The molecule has 0 bridgehead atoms. The molecule has 0 aliphatic carbocycles. The Kier molecular flexibility index (Phi) is 7.13. The van der Waals surface area contributed by atoms with Crippen LogP contribution in [-0.4, -0.2) is 17.9 Å². The predicted molar refractivity (Wildman–Crippen MR) is 84.9 cm³/mol. The molecular weight excluding hydrogens is 264 g/mol. The van der Waals surface area contributed by atoms with Crippen molar-refractivity contribution < 1.29 is 14.3 Å². The number of ether oxygens (including phenoxy) is 1. The van der Waals surface area contributed by atoms with Crippen LogP contribution in [0.1, 0.15) is 59.8 Å². The van der Waals surface area contributed by atoms with Crippen LogP contribution < -0.4 is 0 Å². The summed E-state index contributed by atoms with van der Waals surface area (Å²) < 4.78 is 5.37. The number of cyclic esters (lactones) is 1. The second kappa shape index (κ2) is 8.60. The van der Waals surface area contributed by atoms with E-state index in [1.165, 1.54) is 5.57 Å². The Bertz CT molecular complexity index is 477. The molecule has 0 aromatic heterocycles. The minimum Gasteiger partial charge on any atom is -0.454 e. The van der Waals surface area contributed by atoms with Crippen LogP contribution in [0, 0.1) is 0 Å². The number of esters is 1. The van der Waals surface area contributed by atoms with E-state index in [0.717, 1.165) is 36.8 Å². The molecule has 0 saturated heterocycles. The summed E-state index contributed by atoms with van der Waals surface area (Å²) >= 11 is 0. The van der Waals surface area contributed by atoms with Gasteiger partial charge >= 0.3 is 5.97 Å². The molecule has 0 radical (unpaired) electrons. The first-order chi connectivity index (χ1) is 9.88. The Morgan fingerprint density at radius 2 is 1.90 bits per heavy atom. The van der Waals surface area contributed by atoms with E-state index < -0.39 is 0 Å². The van der Waals surface area contributed by atoms with E-state index in [2.05, 4.69) is 26.0 Å². The summed E-state index contributed by atoms with van der Waals surface area (Å²) in [5.74, 6) is 0.0199. The average Bonchev–Trinajstić information content (AvgIpc) is 2.68. The van der Waals surface area contributed by atoms with Crippen molar-refractivity contribution in [3.63, 3.8) is 0 Å². The van der Waals surface area contributed by atoms with Crippen LogP contribution in [0.5, 0.6) is 0 Å². The molecule has 1 rings (SSSR count). The van der Waals surface area contributed by atoms with Gasteiger partial charge in [0.1, 0.15) is 11.9 Å². The summed E-state index contributed by atoms with van der Waals surface area (Å²) in [7, 11) is 0. The van der Waals surface area contributed by atoms with Gasteiger partial charge in [-0.25, -0.2) is 4.79 Å². The van der Waals surface area contributed by atoms with Crippen molar-refractivity contribution in [1.82, 2.24) is 0 Å². The van der Waals surface area contributed by atoms with Crippen molar-refractivity contribution in [2.24, 2.45) is 0 Å². The topological polar surface area (TPSA) is 43.4 Å². The third-order valence-corrected chi connectivity index (χ3v) is 3.39. The molecule has 0 amide bonds. The molecule has 0 saturated carbocycles. The van der Waals surface area contributed by atoms with Gasteiger partial charge in [0.2, 0.25) is 0 Å². The van der Waals surface area contributed by atoms with Gasteiger partial charge in [0.15, 0.2) is 0 Å². The zero-order valence-corrected chi connectivity index (χ0v) is 13.6. The lowest BCUT2D eigenvalue weighted by molar-refractivity contribution is -0.139. The second-order valence-electron chi connectivity index (χ2n) is 5.95. The number of rotatable bonds is 8. The Morgan fingerprint density at radius 3 is 2.52 bits per heavy atom. The summed E-state index contributed by atoms with van der Waals surface area (Å²) in [4.78, 5) is 22.7. The summed E-state index contributed by atoms with van der Waals surface area (Å²) in [5, 5.41) is 0. The minimum atomic E-state index is -0.182. The molecule has 3 heteroatoms. The van der Waals surface area contributed by atoms with E-state index in [1.54, 1.807) is 6.92 Å². The molecule has 3 nitrogen and oxygen atoms in total. The highest BCUT2D eigenvalue weighted by atomic mass is 16.5. The molecule has 116 valence electrons. The average molecular weight is 290 g/mol. The van der Waals surface area contributed by atoms with Crippen LogP contribution in [0.4, 0.5) is 0 Å². The van der Waals surface area contributed by atoms with Crippen LogP contribution >= 0.6 is 0 Å². The number of carbonyl (C=O) groups excluding carboxylic acids is 2. The van der Waals surface area contributed by atoms with Gasteiger partial charge in [-0.05, 0) is 53.0 Å². The fourth-order valence-electron chi connectivity index (χ4n) is 2.26. The maximum absolute atomic E-state index is 11.8. The van der Waals surface area contributed by atoms with Crippen molar-refractivity contribution >= 4 is 11.8 Å². The van der Waals surface area contributed by atoms with Gasteiger partial charge in [-0.1, -0.05) is 23.3 Å². The summed E-state index contributed by atoms with van der Waals surface area (Å²) in [6.07, 6.45) is 9.67. The maximum atomic E-state index is 11.8. The molecule has 1 atom stereocenters. The number of hydrogen-bond donors (Lipinski definition) is 0. The van der Waals surface area contributed by atoms with Gasteiger partial charge < -0.3 is 9.53 Å². The fraction of sp³-hybridized carbons (Fsp3) is 0.556. The molecule has 0 N–H and O–H groups in total. The predicted octanol–water partition coefficient (Wildman–Crippen LogP) is 4.29. The maximum Gasteiger partial charge on any atom is 0.334 e. The largest absolute Gasteiger partial charge is 0.454 e. The molecule has 1 aliphatic heterocycles. The van der Waals surface area contributed by atoms with Crippen LogP contribution in [0.25, 0.3) is 0 Å². The highest BCUT2D eigenvalue weighted by Gasteiger charge is 2.24. The second-order valence-corrected chi connectivity index (χ2v) is 5.95. The van der Waals surface area contributed by atoms with E-state index in [0.29, 0.717) is 6.42 Å². The van der Waals surface area contributed by atoms with E-state index in [4.69, 9.17) is 4.74 Å². The third kappa shape index (κ3) is 7.07. The molecule has 0 aromatic rings. The summed E-state index contributed by atoms with van der Waals surface area (Å²) in [6, 6.07) is 0. The van der Waals surface area contributed by atoms with E-state index in [1.807, 2.05) is 13.0 Å². The molecular formula is C18H26O3. The van der Waals surface area contributed by atoms with E-state index in [9.17, 15) is 9.59 Å². The van der Waals surface area contributed by atoms with E-state index in [-0.39, 0.29) is 17.9 Å². The normalized spacial score (nSPS) is 18.3. The monoisotopic (exact) mass is 290 g/mol. The number of ketones is 1. The minimum absolute atomic E-state index is 0.146. The number of hydrogen-bond acceptors (Lipinski definition) is 3. The third-order valence-electron chi connectivity index (χ3n) is 3.39. The molecule has 1 aliphatic rings. The Balaban J connectivity index is 2.46. The number of carbonyl (C=O) groups is 2. The number of Topliss-reactive ketones (excluding diaryl/α,β-unsaturated/α-hetero) is 1. The quantitative estimate of drug-likeness (QED) is 0.495. The molecule has 0 spiro atoms. The Labute approximate surface area is 127 Å². The lowest BCUT2D eigenvalue weighted by Crippen LogP contribution is -2.08. The van der Waals surface area contributed by atoms with Crippen LogP contribution in [-0.2, 0) is 14.3 Å². The van der Waals surface area contributed by atoms with E-state index >= 15 is 0 Å². The molecule has 0 aromatic carbocycles. The van der Waals surface area contributed by atoms with Crippen LogP contribution in [0.2, 0.25) is 0 Å². The Hall–Kier alpha value is -1.64. The first-order valence-electron chi connectivity index (χ1n) is 7.58. The molecule has 0 fully saturated rings. The van der Waals surface area contributed by atoms with Gasteiger partial charge in [0.25, 0.3) is 0 Å². The molecule has 1 heterocycles. The smallest absolute Gasteiger partial charge is 0.334 e. The standard InChI is InChI=1S/C18H26O3/c1-13(2)7-5-10-16-12-17(21-18(16)20)11-14(3)8-6-9-15(4)19/h7-8,12,17H,5-6,9-11H2,1-4H3. The van der Waals surface area contributed by atoms with Crippen molar-refractivity contribution in [3.8, 4) is 0 Å². The number of allylic oxidation sites excluding steroid dienone is 3. The Morgan fingerprint density at radius 1 is 1.19 bits per heavy atom. The fourth-order valence-corrected chi connectivity index (χ4v) is 2.26. The van der Waals surface area contributed by atoms with Crippen molar-refractivity contribution in [3.05, 3.63) is 34.9 Å². The van der Waals surface area contributed by atoms with Gasteiger partial charge in [-0.2, -0.15) is 0 Å². The summed E-state index contributed by atoms with van der Waals surface area (Å²) in [6.45, 7) is 7.73. The highest BCUT2D eigenvalue weighted by Crippen LogP contribution is 2.23. The lowest BCUT2D eigenvalue weighted by atomic mass is 10.0. The van der Waals surface area contributed by atoms with Gasteiger partial charge in [-0.3, -0.25) is 0 Å². The molecule has 1 unspecified atom stereocenters. The lowest BCUT2D eigenvalue weighted by Gasteiger charge is -2.08. The van der Waals surface area contributed by atoms with Gasteiger partial charge in [0.05, 0.1) is 0 Å². The van der Waals surface area contributed by atoms with Crippen LogP contribution in [0.15, 0.2) is 34.9 Å². The van der Waals surface area contributed by atoms with Crippen molar-refractivity contribution in [2.75, 3.05) is 0 Å². The first-order valence-corrected chi connectivity index (χ1v) is 7.58. The zero-order chi connectivity index (χ0) is 15.8. The van der Waals surface area contributed by atoms with Crippen LogP contribution in [0.3, 0.4) is 0 Å². The summed E-state index contributed by atoms with van der Waals surface area (Å²) in [5.41, 5.74) is 3.22. The zero-order valence-electron chi connectivity index (χ0n) is 13.6.